The molecule has 0 aromatic heterocycles. The molecular formula is C45H64Cl3NO12. The van der Waals surface area contributed by atoms with Crippen LogP contribution in [0.5, 0.6) is 0 Å². The smallest absolute Gasteiger partial charge is 0.311 e. The van der Waals surface area contributed by atoms with Crippen molar-refractivity contribution in [2.75, 3.05) is 13.7 Å². The minimum absolute atomic E-state index is 0.00168. The largest absolute Gasteiger partial charge is 0.469 e. The molecule has 5 aliphatic carbocycles. The van der Waals surface area contributed by atoms with Crippen LogP contribution in [0, 0.1) is 50.2 Å². The van der Waals surface area contributed by atoms with Gasteiger partial charge in [-0.05, 0) is 110 Å². The summed E-state index contributed by atoms with van der Waals surface area (Å²) in [4.78, 5) is 78.4. The van der Waals surface area contributed by atoms with E-state index in [2.05, 4.69) is 46.9 Å². The summed E-state index contributed by atoms with van der Waals surface area (Å²) < 4.78 is 32.8. The summed E-state index contributed by atoms with van der Waals surface area (Å²) in [5.41, 5.74) is -1.05. The lowest BCUT2D eigenvalue weighted by molar-refractivity contribution is -0.308. The Labute approximate surface area is 374 Å². The van der Waals surface area contributed by atoms with Crippen LogP contribution in [0.3, 0.4) is 0 Å². The highest BCUT2D eigenvalue weighted by Gasteiger charge is 2.71. The number of rotatable bonds is 8. The topological polar surface area (TPSA) is 170 Å². The van der Waals surface area contributed by atoms with Crippen molar-refractivity contribution in [2.24, 2.45) is 50.2 Å². The summed E-state index contributed by atoms with van der Waals surface area (Å²) in [5, 5.41) is 2.61. The SMILES string of the molecule is COC(=O)[C@@]1(C)CC[C@]2(C)CC[C@]3(C)C(=CC(=O)[C@@H]4[C@@]5(C)CC[C@H](O[C@@H]6O[C@H](COC(C)=O)[C@@H](OC(C)=O)[C@H](OC(C)=O)[C@H]6NC(=O)C(Cl)(Cl)Cl)C(C)(C)[C@@H]5CC[C@]43C)[C@@H]2C1. The summed E-state index contributed by atoms with van der Waals surface area (Å²) in [7, 11) is 1.45. The van der Waals surface area contributed by atoms with E-state index >= 15 is 4.79 Å². The zero-order valence-corrected chi connectivity index (χ0v) is 39.6. The van der Waals surface area contributed by atoms with E-state index in [1.807, 2.05) is 13.0 Å². The van der Waals surface area contributed by atoms with Crippen molar-refractivity contribution in [1.82, 2.24) is 5.32 Å². The average molecular weight is 917 g/mol. The molecule has 1 aliphatic heterocycles. The van der Waals surface area contributed by atoms with Crippen molar-refractivity contribution in [3.8, 4) is 0 Å². The second-order valence-corrected chi connectivity index (χ2v) is 23.0. The molecule has 14 atom stereocenters. The fourth-order valence-electron chi connectivity index (χ4n) is 13.4. The molecule has 0 aromatic rings. The number of methoxy groups -OCH3 is 1. The molecule has 13 nitrogen and oxygen atoms in total. The lowest BCUT2D eigenvalue weighted by atomic mass is 9.33. The molecule has 1 amide bonds. The Kier molecular flexibility index (Phi) is 13.0. The summed E-state index contributed by atoms with van der Waals surface area (Å²) in [6, 6.07) is -1.36. The predicted molar refractivity (Wildman–Crippen MR) is 225 cm³/mol. The number of carbonyl (C=O) groups is 6. The van der Waals surface area contributed by atoms with Crippen LogP contribution in [-0.4, -0.2) is 89.8 Å². The first-order chi connectivity index (χ1) is 28.1. The number of ether oxygens (including phenoxy) is 6. The fourth-order valence-corrected chi connectivity index (χ4v) is 13.6. The van der Waals surface area contributed by atoms with Crippen LogP contribution in [0.2, 0.25) is 0 Å². The van der Waals surface area contributed by atoms with E-state index in [9.17, 15) is 24.0 Å². The Bertz CT molecular complexity index is 1850. The number of fused-ring (bicyclic) bond motifs is 7. The number of amides is 1. The van der Waals surface area contributed by atoms with Gasteiger partial charge in [0, 0.05) is 26.7 Å². The van der Waals surface area contributed by atoms with Gasteiger partial charge in [0.15, 0.2) is 24.3 Å². The monoisotopic (exact) mass is 915 g/mol. The second-order valence-electron chi connectivity index (χ2n) is 20.7. The average Bonchev–Trinajstić information content (AvgIpc) is 3.14. The Morgan fingerprint density at radius 1 is 0.836 bits per heavy atom. The molecule has 342 valence electrons. The van der Waals surface area contributed by atoms with Crippen molar-refractivity contribution in [3.63, 3.8) is 0 Å². The van der Waals surface area contributed by atoms with Gasteiger partial charge in [-0.2, -0.15) is 0 Å². The molecule has 6 rings (SSSR count). The standard InChI is InChI=1S/C45H64Cl3NO12/c1-23(50)57-22-29-33(58-24(2)51)34(59-25(3)52)32(49-37(54)45(46,47)48)36(60-29)61-31-13-14-42(8)30(39(31,4)5)12-15-44(10)35(42)28(53)20-26-27-21-41(7,38(55)56-11)17-16-40(27,6)18-19-43(26,44)9/h20,27,29-36H,12-19,21-22H2,1-11H3,(H,49,54)/t27-,29+,30-,31-,32+,33+,34+,35+,36-,40+,41-,42-,43+,44+/m0/s1. The van der Waals surface area contributed by atoms with Crippen molar-refractivity contribution in [1.29, 1.82) is 0 Å². The maximum atomic E-state index is 15.0. The Morgan fingerprint density at radius 2 is 1.46 bits per heavy atom. The maximum absolute atomic E-state index is 15.0. The summed E-state index contributed by atoms with van der Waals surface area (Å²) >= 11 is 18.0. The molecular weight excluding hydrogens is 853 g/mol. The highest BCUT2D eigenvalue weighted by Crippen LogP contribution is 2.75. The van der Waals surface area contributed by atoms with Gasteiger partial charge in [-0.3, -0.25) is 28.8 Å². The van der Waals surface area contributed by atoms with Gasteiger partial charge in [0.25, 0.3) is 9.70 Å². The highest BCUT2D eigenvalue weighted by atomic mass is 35.6. The van der Waals surface area contributed by atoms with Gasteiger partial charge in [0.1, 0.15) is 18.8 Å². The van der Waals surface area contributed by atoms with Gasteiger partial charge in [0.2, 0.25) is 0 Å². The number of esters is 4. The molecule has 61 heavy (non-hydrogen) atoms. The molecule has 0 unspecified atom stereocenters. The first-order valence-electron chi connectivity index (χ1n) is 21.6. The highest BCUT2D eigenvalue weighted by molar-refractivity contribution is 6.76. The molecule has 6 aliphatic rings. The van der Waals surface area contributed by atoms with Crippen LogP contribution in [0.15, 0.2) is 11.6 Å². The number of hydrogen-bond donors (Lipinski definition) is 1. The van der Waals surface area contributed by atoms with Crippen molar-refractivity contribution >= 4 is 70.4 Å². The molecule has 4 saturated carbocycles. The lowest BCUT2D eigenvalue weighted by Gasteiger charge is -2.70. The normalized spacial score (nSPS) is 42.8. The number of halogens is 3. The van der Waals surface area contributed by atoms with Crippen LogP contribution >= 0.6 is 34.8 Å². The Balaban J connectivity index is 1.34. The van der Waals surface area contributed by atoms with Crippen molar-refractivity contribution < 1.29 is 57.2 Å². The molecule has 1 saturated heterocycles. The first kappa shape index (κ1) is 48.0. The van der Waals surface area contributed by atoms with E-state index in [-0.39, 0.29) is 45.8 Å². The first-order valence-corrected chi connectivity index (χ1v) is 22.7. The van der Waals surface area contributed by atoms with Gasteiger partial charge in [0.05, 0.1) is 18.6 Å². The van der Waals surface area contributed by atoms with Gasteiger partial charge in [-0.25, -0.2) is 0 Å². The van der Waals surface area contributed by atoms with Crippen LogP contribution < -0.4 is 5.32 Å². The molecule has 0 spiro atoms. The Morgan fingerprint density at radius 3 is 2.05 bits per heavy atom. The summed E-state index contributed by atoms with van der Waals surface area (Å²) in [6.07, 6.45) is 3.15. The number of nitrogens with one attached hydrogen (secondary N) is 1. The lowest BCUT2D eigenvalue weighted by Crippen LogP contribution is -2.69. The molecule has 0 bridgehead atoms. The van der Waals surface area contributed by atoms with Crippen LogP contribution in [-0.2, 0) is 57.2 Å². The van der Waals surface area contributed by atoms with Crippen LogP contribution in [0.25, 0.3) is 0 Å². The van der Waals surface area contributed by atoms with Gasteiger partial charge < -0.3 is 33.7 Å². The molecule has 5 fully saturated rings. The fraction of sp³-hybridized carbons (Fsp3) is 0.822. The van der Waals surface area contributed by atoms with E-state index in [0.717, 1.165) is 52.4 Å². The van der Waals surface area contributed by atoms with Crippen molar-refractivity contribution in [3.05, 3.63) is 11.6 Å². The third-order valence-corrected chi connectivity index (χ3v) is 17.3. The van der Waals surface area contributed by atoms with E-state index in [1.165, 1.54) is 19.6 Å². The van der Waals surface area contributed by atoms with Crippen LogP contribution in [0.1, 0.15) is 127 Å². The molecule has 1 heterocycles. The van der Waals surface area contributed by atoms with Gasteiger partial charge in [-0.15, -0.1) is 0 Å². The van der Waals surface area contributed by atoms with E-state index in [0.29, 0.717) is 19.3 Å². The number of alkyl halides is 3. The van der Waals surface area contributed by atoms with Gasteiger partial charge in [-0.1, -0.05) is 81.9 Å². The minimum Gasteiger partial charge on any atom is -0.469 e. The zero-order valence-electron chi connectivity index (χ0n) is 37.4. The third-order valence-electron chi connectivity index (χ3n) is 16.7. The number of hydrogen-bond acceptors (Lipinski definition) is 12. The third kappa shape index (κ3) is 8.27. The maximum Gasteiger partial charge on any atom is 0.311 e. The van der Waals surface area contributed by atoms with E-state index in [4.69, 9.17) is 63.2 Å². The molecule has 0 aromatic carbocycles. The number of allylic oxidation sites excluding steroid dienone is 2. The number of carbonyl (C=O) groups excluding carboxylic acids is 6. The van der Waals surface area contributed by atoms with E-state index in [1.54, 1.807) is 0 Å². The van der Waals surface area contributed by atoms with Crippen LogP contribution in [0.4, 0.5) is 0 Å². The zero-order chi connectivity index (χ0) is 45.5. The second kappa shape index (κ2) is 16.5. The van der Waals surface area contributed by atoms with Gasteiger partial charge >= 0.3 is 23.9 Å². The van der Waals surface area contributed by atoms with Crippen molar-refractivity contribution in [2.45, 2.75) is 168 Å². The Hall–Kier alpha value is -2.45. The quantitative estimate of drug-likeness (QED) is 0.110. The molecule has 16 heteroatoms. The summed E-state index contributed by atoms with van der Waals surface area (Å²) in [6.45, 7) is 18.7. The number of ketones is 1. The van der Waals surface area contributed by atoms with E-state index < -0.39 is 87.2 Å². The minimum atomic E-state index is -2.44. The molecule has 0 radical (unpaired) electrons. The molecule has 1 N–H and O–H groups in total. The predicted octanol–water partition coefficient (Wildman–Crippen LogP) is 7.53. The summed E-state index contributed by atoms with van der Waals surface area (Å²) in [5.74, 6) is -3.46.